The Labute approximate surface area is 129 Å². The monoisotopic (exact) mass is 310 g/mol. The van der Waals surface area contributed by atoms with Crippen molar-refractivity contribution in [2.45, 2.75) is 57.3 Å². The first kappa shape index (κ1) is 15.6. The molecule has 0 spiro atoms. The van der Waals surface area contributed by atoms with Gasteiger partial charge in [-0.2, -0.15) is 0 Å². The zero-order valence-electron chi connectivity index (χ0n) is 13.2. The van der Waals surface area contributed by atoms with E-state index in [9.17, 15) is 5.11 Å². The number of methoxy groups -OCH3 is 1. The molecular formula is C16H22O6. The van der Waals surface area contributed by atoms with E-state index in [1.807, 2.05) is 20.8 Å². The van der Waals surface area contributed by atoms with Crippen LogP contribution in [0.2, 0.25) is 0 Å². The topological polar surface area (TPSA) is 66.4 Å². The lowest BCUT2D eigenvalue weighted by Crippen LogP contribution is -2.57. The average Bonchev–Trinajstić information content (AvgIpc) is 2.82. The van der Waals surface area contributed by atoms with Crippen LogP contribution in [0.5, 0.6) is 11.5 Å². The molecule has 2 saturated heterocycles. The zero-order chi connectivity index (χ0) is 15.9. The van der Waals surface area contributed by atoms with Crippen molar-refractivity contribution in [3.05, 3.63) is 24.3 Å². The summed E-state index contributed by atoms with van der Waals surface area (Å²) in [6.45, 7) is 5.53. The maximum atomic E-state index is 10.5. The molecule has 0 aliphatic carbocycles. The van der Waals surface area contributed by atoms with Crippen molar-refractivity contribution in [3.63, 3.8) is 0 Å². The van der Waals surface area contributed by atoms with Crippen LogP contribution in [-0.4, -0.2) is 48.7 Å². The number of aliphatic hydroxyl groups excluding tert-OH is 1. The van der Waals surface area contributed by atoms with Crippen molar-refractivity contribution < 1.29 is 28.8 Å². The van der Waals surface area contributed by atoms with Crippen molar-refractivity contribution in [2.24, 2.45) is 0 Å². The number of benzene rings is 1. The molecule has 0 aromatic heterocycles. The smallest absolute Gasteiger partial charge is 0.229 e. The highest BCUT2D eigenvalue weighted by molar-refractivity contribution is 5.31. The van der Waals surface area contributed by atoms with Crippen molar-refractivity contribution in [2.75, 3.05) is 7.11 Å². The van der Waals surface area contributed by atoms with Gasteiger partial charge in [-0.3, -0.25) is 0 Å². The molecule has 2 aliphatic rings. The standard InChI is InChI=1S/C16H22O6/c1-9-13-14(22-16(2,3)21-13)12(17)15(19-9)20-11-7-5-10(18-4)6-8-11/h5-9,12-15,17H,1-4H3/t9-,12-,13+,14-,15-/m1/s1. The molecule has 22 heavy (non-hydrogen) atoms. The fourth-order valence-electron chi connectivity index (χ4n) is 2.85. The fourth-order valence-corrected chi connectivity index (χ4v) is 2.85. The van der Waals surface area contributed by atoms with E-state index in [1.165, 1.54) is 0 Å². The van der Waals surface area contributed by atoms with Crippen LogP contribution in [0.1, 0.15) is 20.8 Å². The molecule has 2 heterocycles. The second-order valence-electron chi connectivity index (χ2n) is 6.06. The predicted octanol–water partition coefficient (Wildman–Crippen LogP) is 1.70. The van der Waals surface area contributed by atoms with Crippen molar-refractivity contribution in [1.82, 2.24) is 0 Å². The molecule has 1 aromatic carbocycles. The van der Waals surface area contributed by atoms with Gasteiger partial charge in [0.15, 0.2) is 5.79 Å². The van der Waals surface area contributed by atoms with Crippen LogP contribution < -0.4 is 9.47 Å². The van der Waals surface area contributed by atoms with Gasteiger partial charge in [0.05, 0.1) is 13.2 Å². The zero-order valence-corrected chi connectivity index (χ0v) is 13.2. The summed E-state index contributed by atoms with van der Waals surface area (Å²) in [5, 5.41) is 10.5. The Morgan fingerprint density at radius 1 is 1.05 bits per heavy atom. The summed E-state index contributed by atoms with van der Waals surface area (Å²) in [7, 11) is 1.60. The fraction of sp³-hybridized carbons (Fsp3) is 0.625. The Morgan fingerprint density at radius 2 is 1.64 bits per heavy atom. The average molecular weight is 310 g/mol. The van der Waals surface area contributed by atoms with Crippen molar-refractivity contribution in [3.8, 4) is 11.5 Å². The van der Waals surface area contributed by atoms with E-state index in [0.717, 1.165) is 5.75 Å². The van der Waals surface area contributed by atoms with Crippen molar-refractivity contribution >= 4 is 0 Å². The summed E-state index contributed by atoms with van der Waals surface area (Å²) >= 11 is 0. The van der Waals surface area contributed by atoms with Crippen molar-refractivity contribution in [1.29, 1.82) is 0 Å². The minimum atomic E-state index is -0.926. The van der Waals surface area contributed by atoms with Crippen LogP contribution in [-0.2, 0) is 14.2 Å². The summed E-state index contributed by atoms with van der Waals surface area (Å²) in [5.74, 6) is 0.594. The summed E-state index contributed by atoms with van der Waals surface area (Å²) in [6, 6.07) is 7.10. The van der Waals surface area contributed by atoms with Crippen LogP contribution >= 0.6 is 0 Å². The molecule has 5 atom stereocenters. The van der Waals surface area contributed by atoms with E-state index in [0.29, 0.717) is 5.75 Å². The maximum absolute atomic E-state index is 10.5. The summed E-state index contributed by atoms with van der Waals surface area (Å²) in [5.41, 5.74) is 0. The molecule has 0 bridgehead atoms. The molecule has 3 rings (SSSR count). The van der Waals surface area contributed by atoms with Gasteiger partial charge in [-0.15, -0.1) is 0 Å². The quantitative estimate of drug-likeness (QED) is 0.916. The number of hydrogen-bond acceptors (Lipinski definition) is 6. The summed E-state index contributed by atoms with van der Waals surface area (Å²) in [4.78, 5) is 0. The Bertz CT molecular complexity index is 514. The molecule has 0 unspecified atom stereocenters. The van der Waals surface area contributed by atoms with E-state index in [-0.39, 0.29) is 12.2 Å². The van der Waals surface area contributed by atoms with E-state index >= 15 is 0 Å². The SMILES string of the molecule is COc1ccc(O[C@H]2O[C@H](C)[C@@H]3OC(C)(C)O[C@@H]3[C@H]2O)cc1. The van der Waals surface area contributed by atoms with Gasteiger partial charge in [0.1, 0.15) is 29.8 Å². The Balaban J connectivity index is 1.72. The number of fused-ring (bicyclic) bond motifs is 1. The van der Waals surface area contributed by atoms with Gasteiger partial charge in [-0.25, -0.2) is 0 Å². The van der Waals surface area contributed by atoms with Crippen LogP contribution in [0.15, 0.2) is 24.3 Å². The lowest BCUT2D eigenvalue weighted by molar-refractivity contribution is -0.244. The predicted molar refractivity (Wildman–Crippen MR) is 77.8 cm³/mol. The van der Waals surface area contributed by atoms with E-state index in [4.69, 9.17) is 23.7 Å². The molecule has 0 amide bonds. The highest BCUT2D eigenvalue weighted by Gasteiger charge is 2.54. The van der Waals surface area contributed by atoms with Gasteiger partial charge < -0.3 is 28.8 Å². The maximum Gasteiger partial charge on any atom is 0.229 e. The largest absolute Gasteiger partial charge is 0.497 e. The van der Waals surface area contributed by atoms with Gasteiger partial charge in [-0.05, 0) is 45.0 Å². The third-order valence-electron chi connectivity index (χ3n) is 3.90. The number of rotatable bonds is 3. The highest BCUT2D eigenvalue weighted by atomic mass is 16.8. The Kier molecular flexibility index (Phi) is 4.03. The molecule has 122 valence electrons. The Morgan fingerprint density at radius 3 is 2.27 bits per heavy atom. The highest BCUT2D eigenvalue weighted by Crippen LogP contribution is 2.37. The second kappa shape index (κ2) is 5.70. The summed E-state index contributed by atoms with van der Waals surface area (Å²) in [6.07, 6.45) is -2.74. The van der Waals surface area contributed by atoms with Gasteiger partial charge in [0.25, 0.3) is 0 Å². The second-order valence-corrected chi connectivity index (χ2v) is 6.06. The minimum Gasteiger partial charge on any atom is -0.497 e. The normalized spacial score (nSPS) is 36.7. The van der Waals surface area contributed by atoms with Crippen LogP contribution in [0, 0.1) is 0 Å². The number of aliphatic hydroxyl groups is 1. The lowest BCUT2D eigenvalue weighted by atomic mass is 10.00. The summed E-state index contributed by atoms with van der Waals surface area (Å²) < 4.78 is 28.2. The molecule has 1 aromatic rings. The van der Waals surface area contributed by atoms with E-state index < -0.39 is 24.3 Å². The van der Waals surface area contributed by atoms with Gasteiger partial charge in [-0.1, -0.05) is 0 Å². The van der Waals surface area contributed by atoms with Crippen LogP contribution in [0.3, 0.4) is 0 Å². The van der Waals surface area contributed by atoms with Crippen LogP contribution in [0.25, 0.3) is 0 Å². The number of hydrogen-bond donors (Lipinski definition) is 1. The van der Waals surface area contributed by atoms with E-state index in [2.05, 4.69) is 0 Å². The first-order valence-corrected chi connectivity index (χ1v) is 7.39. The minimum absolute atomic E-state index is 0.238. The van der Waals surface area contributed by atoms with Crippen LogP contribution in [0.4, 0.5) is 0 Å². The molecule has 2 aliphatic heterocycles. The Hall–Kier alpha value is -1.34. The lowest BCUT2D eigenvalue weighted by Gasteiger charge is -2.38. The molecule has 6 nitrogen and oxygen atoms in total. The van der Waals surface area contributed by atoms with Gasteiger partial charge >= 0.3 is 0 Å². The molecule has 1 N–H and O–H groups in total. The van der Waals surface area contributed by atoms with Gasteiger partial charge in [0.2, 0.25) is 6.29 Å². The first-order chi connectivity index (χ1) is 10.4. The first-order valence-electron chi connectivity index (χ1n) is 7.39. The third-order valence-corrected chi connectivity index (χ3v) is 3.90. The molecule has 2 fully saturated rings. The molecular weight excluding hydrogens is 288 g/mol. The molecule has 0 saturated carbocycles. The third kappa shape index (κ3) is 2.92. The van der Waals surface area contributed by atoms with E-state index in [1.54, 1.807) is 31.4 Å². The number of ether oxygens (including phenoxy) is 5. The molecule has 6 heteroatoms. The van der Waals surface area contributed by atoms with Gasteiger partial charge in [0, 0.05) is 0 Å². The molecule has 0 radical (unpaired) electrons.